The molecule has 0 spiro atoms. The first-order chi connectivity index (χ1) is 3.79. The van der Waals surface area contributed by atoms with Gasteiger partial charge in [-0.1, -0.05) is 12.8 Å². The molecule has 0 saturated carbocycles. The van der Waals surface area contributed by atoms with E-state index in [1.165, 1.54) is 24.3 Å². The summed E-state index contributed by atoms with van der Waals surface area (Å²) in [6.45, 7) is 2.34. The van der Waals surface area contributed by atoms with E-state index in [2.05, 4.69) is 12.8 Å². The number of rotatable bonds is 0. The first kappa shape index (κ1) is 6.34. The number of hydrogen-bond acceptors (Lipinski definition) is 0. The molecule has 1 heteroatoms. The fourth-order valence-corrected chi connectivity index (χ4v) is 2.66. The standard InChI is InChI=1S/C7H14S/c1-7-3-5-8(2)6-4-7/h7H,2-6H2,1H3. The first-order valence-electron chi connectivity index (χ1n) is 3.26. The average Bonchev–Trinajstić information content (AvgIpc) is 1.77. The largest absolute Gasteiger partial charge is 0.193 e. The monoisotopic (exact) mass is 130 g/mol. The summed E-state index contributed by atoms with van der Waals surface area (Å²) in [5.74, 6) is 7.83. The lowest BCUT2D eigenvalue weighted by atomic mass is 10.1. The first-order valence-corrected chi connectivity index (χ1v) is 4.99. The Labute approximate surface area is 54.2 Å². The summed E-state index contributed by atoms with van der Waals surface area (Å²) in [7, 11) is 0.539. The van der Waals surface area contributed by atoms with Gasteiger partial charge in [0.15, 0.2) is 0 Å². The predicted octanol–water partition coefficient (Wildman–Crippen LogP) is 2.12. The molecule has 0 unspecified atom stereocenters. The van der Waals surface area contributed by atoms with Gasteiger partial charge in [0.1, 0.15) is 0 Å². The summed E-state index contributed by atoms with van der Waals surface area (Å²) in [6.07, 6.45) is 2.85. The van der Waals surface area contributed by atoms with Gasteiger partial charge in [-0.25, -0.2) is 0 Å². The summed E-state index contributed by atoms with van der Waals surface area (Å²) in [6, 6.07) is 0. The maximum atomic E-state index is 4.06. The van der Waals surface area contributed by atoms with Crippen LogP contribution in [0, 0.1) is 5.92 Å². The van der Waals surface area contributed by atoms with Crippen molar-refractivity contribution in [1.29, 1.82) is 0 Å². The Kier molecular flexibility index (Phi) is 2.12. The van der Waals surface area contributed by atoms with Crippen LogP contribution in [0.25, 0.3) is 0 Å². The Balaban J connectivity index is 2.29. The Morgan fingerprint density at radius 3 is 2.25 bits per heavy atom. The smallest absolute Gasteiger partial charge is 0.0120 e. The molecule has 0 aliphatic carbocycles. The van der Waals surface area contributed by atoms with Gasteiger partial charge < -0.3 is 0 Å². The SMILES string of the molecule is C=S1CCC(C)CC1. The van der Waals surface area contributed by atoms with Crippen LogP contribution in [-0.2, 0) is 0 Å². The molecular weight excluding hydrogens is 116 g/mol. The zero-order valence-corrected chi connectivity index (χ0v) is 6.34. The Bertz CT molecular complexity index is 86.6. The fraction of sp³-hybridized carbons (Fsp3) is 0.857. The Morgan fingerprint density at radius 1 is 1.38 bits per heavy atom. The van der Waals surface area contributed by atoms with E-state index in [-0.39, 0.29) is 0 Å². The Morgan fingerprint density at radius 2 is 1.88 bits per heavy atom. The van der Waals surface area contributed by atoms with Gasteiger partial charge in [0.05, 0.1) is 0 Å². The number of hydrogen-bond donors (Lipinski definition) is 0. The highest BCUT2D eigenvalue weighted by Crippen LogP contribution is 2.25. The van der Waals surface area contributed by atoms with Crippen LogP contribution in [-0.4, -0.2) is 17.4 Å². The molecule has 0 aromatic rings. The van der Waals surface area contributed by atoms with Gasteiger partial charge in [-0.2, -0.15) is 10.5 Å². The van der Waals surface area contributed by atoms with E-state index in [1.807, 2.05) is 0 Å². The zero-order valence-electron chi connectivity index (χ0n) is 5.52. The minimum atomic E-state index is 0.539. The molecule has 1 heterocycles. The van der Waals surface area contributed by atoms with E-state index in [0.717, 1.165) is 5.92 Å². The van der Waals surface area contributed by atoms with E-state index in [4.69, 9.17) is 0 Å². The maximum absolute atomic E-state index is 4.06. The van der Waals surface area contributed by atoms with E-state index in [1.54, 1.807) is 0 Å². The van der Waals surface area contributed by atoms with Crippen molar-refractivity contribution in [2.75, 3.05) is 11.5 Å². The summed E-state index contributed by atoms with van der Waals surface area (Å²) in [5.41, 5.74) is 0. The molecule has 0 amide bonds. The van der Waals surface area contributed by atoms with Gasteiger partial charge in [-0.3, -0.25) is 0 Å². The van der Waals surface area contributed by atoms with Crippen molar-refractivity contribution in [2.24, 2.45) is 5.92 Å². The second-order valence-electron chi connectivity index (χ2n) is 2.70. The summed E-state index contributed by atoms with van der Waals surface area (Å²) in [5, 5.41) is 0. The van der Waals surface area contributed by atoms with Crippen LogP contribution in [0.1, 0.15) is 19.8 Å². The second-order valence-corrected chi connectivity index (χ2v) is 4.74. The molecule has 1 aliphatic rings. The third-order valence-corrected chi connectivity index (χ3v) is 3.42. The third-order valence-electron chi connectivity index (χ3n) is 1.80. The van der Waals surface area contributed by atoms with Crippen molar-refractivity contribution < 1.29 is 0 Å². The van der Waals surface area contributed by atoms with Gasteiger partial charge in [0, 0.05) is 0 Å². The van der Waals surface area contributed by atoms with Crippen LogP contribution < -0.4 is 0 Å². The van der Waals surface area contributed by atoms with E-state index in [0.29, 0.717) is 10.5 Å². The van der Waals surface area contributed by atoms with Gasteiger partial charge in [0.2, 0.25) is 0 Å². The van der Waals surface area contributed by atoms with Crippen molar-refractivity contribution in [3.8, 4) is 0 Å². The molecule has 0 nitrogen and oxygen atoms in total. The van der Waals surface area contributed by atoms with Gasteiger partial charge >= 0.3 is 0 Å². The van der Waals surface area contributed by atoms with Gasteiger partial charge in [0.25, 0.3) is 0 Å². The van der Waals surface area contributed by atoms with Gasteiger partial charge in [-0.05, 0) is 30.3 Å². The molecule has 8 heavy (non-hydrogen) atoms. The quantitative estimate of drug-likeness (QED) is 0.441. The van der Waals surface area contributed by atoms with Crippen LogP contribution in [0.3, 0.4) is 0 Å². The minimum Gasteiger partial charge on any atom is -0.193 e. The molecule has 1 fully saturated rings. The molecule has 1 aliphatic heterocycles. The molecule has 1 saturated heterocycles. The Hall–Kier alpha value is 0.220. The van der Waals surface area contributed by atoms with Crippen LogP contribution in [0.15, 0.2) is 0 Å². The molecule has 0 aromatic carbocycles. The molecular formula is C7H14S. The van der Waals surface area contributed by atoms with Crippen LogP contribution in [0.2, 0.25) is 0 Å². The molecule has 48 valence electrons. The molecule has 0 atom stereocenters. The highest BCUT2D eigenvalue weighted by molar-refractivity contribution is 8.14. The predicted molar refractivity (Wildman–Crippen MR) is 42.8 cm³/mol. The summed E-state index contributed by atoms with van der Waals surface area (Å²) >= 11 is 0. The third kappa shape index (κ3) is 1.62. The maximum Gasteiger partial charge on any atom is -0.0120 e. The van der Waals surface area contributed by atoms with Crippen molar-refractivity contribution >= 4 is 16.4 Å². The van der Waals surface area contributed by atoms with E-state index >= 15 is 0 Å². The van der Waals surface area contributed by atoms with Crippen LogP contribution in [0.4, 0.5) is 0 Å². The highest BCUT2D eigenvalue weighted by atomic mass is 32.2. The van der Waals surface area contributed by atoms with Crippen molar-refractivity contribution in [2.45, 2.75) is 19.8 Å². The summed E-state index contributed by atoms with van der Waals surface area (Å²) < 4.78 is 0. The molecule has 0 aromatic heterocycles. The lowest BCUT2D eigenvalue weighted by molar-refractivity contribution is 0.540. The van der Waals surface area contributed by atoms with E-state index < -0.39 is 0 Å². The molecule has 1 rings (SSSR count). The van der Waals surface area contributed by atoms with Crippen molar-refractivity contribution in [3.05, 3.63) is 0 Å². The second kappa shape index (κ2) is 2.67. The lowest BCUT2D eigenvalue weighted by Crippen LogP contribution is -2.06. The van der Waals surface area contributed by atoms with E-state index in [9.17, 15) is 0 Å². The van der Waals surface area contributed by atoms with Crippen molar-refractivity contribution in [1.82, 2.24) is 0 Å². The topological polar surface area (TPSA) is 0 Å². The lowest BCUT2D eigenvalue weighted by Gasteiger charge is -2.19. The van der Waals surface area contributed by atoms with Gasteiger partial charge in [-0.15, -0.1) is 0 Å². The summed E-state index contributed by atoms with van der Waals surface area (Å²) in [4.78, 5) is 0. The normalized spacial score (nSPS) is 39.6. The average molecular weight is 130 g/mol. The molecule has 0 bridgehead atoms. The van der Waals surface area contributed by atoms with Crippen molar-refractivity contribution in [3.63, 3.8) is 0 Å². The van der Waals surface area contributed by atoms with Crippen LogP contribution >= 0.6 is 10.5 Å². The zero-order chi connectivity index (χ0) is 5.98. The minimum absolute atomic E-state index is 0.539. The molecule has 0 N–H and O–H groups in total. The van der Waals surface area contributed by atoms with Crippen LogP contribution in [0.5, 0.6) is 0 Å². The fourth-order valence-electron chi connectivity index (χ4n) is 0.982. The molecule has 0 radical (unpaired) electrons. The highest BCUT2D eigenvalue weighted by Gasteiger charge is 2.08.